The standard InChI is InChI=1S/C10H13N3O2S2/c1-7-11-9-6-8(4-5-10(9)16-7)12-17(14,15)13(2)3/h4-6,12H,1-3H3. The number of aryl methyl sites for hydroxylation is 1. The number of thiazole rings is 1. The Morgan fingerprint density at radius 1 is 1.35 bits per heavy atom. The monoisotopic (exact) mass is 271 g/mol. The number of benzene rings is 1. The zero-order valence-electron chi connectivity index (χ0n) is 9.76. The number of nitrogens with one attached hydrogen (secondary N) is 1. The Bertz CT molecular complexity index is 647. The van der Waals surface area contributed by atoms with Crippen molar-refractivity contribution in [1.82, 2.24) is 9.29 Å². The quantitative estimate of drug-likeness (QED) is 0.926. The van der Waals surface area contributed by atoms with Crippen molar-refractivity contribution in [2.45, 2.75) is 6.92 Å². The van der Waals surface area contributed by atoms with Gasteiger partial charge in [-0.05, 0) is 25.1 Å². The molecule has 1 aromatic carbocycles. The molecule has 0 radical (unpaired) electrons. The van der Waals surface area contributed by atoms with Gasteiger partial charge in [0, 0.05) is 14.1 Å². The molecule has 0 aliphatic rings. The van der Waals surface area contributed by atoms with E-state index in [9.17, 15) is 8.42 Å². The van der Waals surface area contributed by atoms with E-state index in [1.54, 1.807) is 23.5 Å². The second kappa shape index (κ2) is 4.25. The van der Waals surface area contributed by atoms with Crippen molar-refractivity contribution in [1.29, 1.82) is 0 Å². The predicted molar refractivity (Wildman–Crippen MR) is 70.6 cm³/mol. The summed E-state index contributed by atoms with van der Waals surface area (Å²) >= 11 is 1.59. The van der Waals surface area contributed by atoms with E-state index in [2.05, 4.69) is 9.71 Å². The number of fused-ring (bicyclic) bond motifs is 1. The van der Waals surface area contributed by atoms with Gasteiger partial charge in [0.2, 0.25) is 0 Å². The first-order chi connectivity index (χ1) is 7.88. The van der Waals surface area contributed by atoms with Gasteiger partial charge in [0.1, 0.15) is 0 Å². The van der Waals surface area contributed by atoms with Gasteiger partial charge in [0.15, 0.2) is 0 Å². The van der Waals surface area contributed by atoms with Crippen LogP contribution in [0.3, 0.4) is 0 Å². The molecule has 2 aromatic rings. The summed E-state index contributed by atoms with van der Waals surface area (Å²) < 4.78 is 27.9. The van der Waals surface area contributed by atoms with Crippen molar-refractivity contribution < 1.29 is 8.42 Å². The van der Waals surface area contributed by atoms with Crippen LogP contribution in [0.2, 0.25) is 0 Å². The first kappa shape index (κ1) is 12.3. The molecule has 0 atom stereocenters. The molecule has 1 heterocycles. The van der Waals surface area contributed by atoms with Crippen molar-refractivity contribution in [3.8, 4) is 0 Å². The molecular weight excluding hydrogens is 258 g/mol. The van der Waals surface area contributed by atoms with Gasteiger partial charge in [-0.2, -0.15) is 12.7 Å². The van der Waals surface area contributed by atoms with Crippen molar-refractivity contribution in [3.05, 3.63) is 23.2 Å². The summed E-state index contributed by atoms with van der Waals surface area (Å²) in [5.41, 5.74) is 1.34. The van der Waals surface area contributed by atoms with E-state index >= 15 is 0 Å². The Balaban J connectivity index is 2.37. The Morgan fingerprint density at radius 3 is 2.71 bits per heavy atom. The van der Waals surface area contributed by atoms with Crippen molar-refractivity contribution >= 4 is 37.5 Å². The highest BCUT2D eigenvalue weighted by molar-refractivity contribution is 7.90. The molecule has 92 valence electrons. The van der Waals surface area contributed by atoms with Crippen LogP contribution in [-0.2, 0) is 10.2 Å². The average molecular weight is 271 g/mol. The van der Waals surface area contributed by atoms with Crippen LogP contribution in [0.4, 0.5) is 5.69 Å². The molecule has 0 spiro atoms. The van der Waals surface area contributed by atoms with E-state index in [-0.39, 0.29) is 0 Å². The van der Waals surface area contributed by atoms with Crippen molar-refractivity contribution in [2.75, 3.05) is 18.8 Å². The third kappa shape index (κ3) is 2.56. The minimum atomic E-state index is -3.45. The smallest absolute Gasteiger partial charge is 0.271 e. The molecular formula is C10H13N3O2S2. The van der Waals surface area contributed by atoms with Crippen molar-refractivity contribution in [3.63, 3.8) is 0 Å². The predicted octanol–water partition coefficient (Wildman–Crippen LogP) is 1.82. The highest BCUT2D eigenvalue weighted by Crippen LogP contribution is 2.24. The number of rotatable bonds is 3. The molecule has 0 fully saturated rings. The third-order valence-corrected chi connectivity index (χ3v) is 4.63. The summed E-state index contributed by atoms with van der Waals surface area (Å²) in [5, 5.41) is 0.965. The van der Waals surface area contributed by atoms with E-state index in [0.717, 1.165) is 19.5 Å². The fourth-order valence-electron chi connectivity index (χ4n) is 1.35. The van der Waals surface area contributed by atoms with E-state index in [1.165, 1.54) is 14.1 Å². The Hall–Kier alpha value is -1.18. The number of aromatic nitrogens is 1. The summed E-state index contributed by atoms with van der Waals surface area (Å²) in [6.45, 7) is 1.92. The topological polar surface area (TPSA) is 62.3 Å². The van der Waals surface area contributed by atoms with Gasteiger partial charge in [0.05, 0.1) is 20.9 Å². The molecule has 0 bridgehead atoms. The maximum atomic E-state index is 11.6. The van der Waals surface area contributed by atoms with Gasteiger partial charge in [-0.1, -0.05) is 0 Å². The summed E-state index contributed by atoms with van der Waals surface area (Å²) in [6.07, 6.45) is 0. The average Bonchev–Trinajstić information content (AvgIpc) is 2.56. The first-order valence-electron chi connectivity index (χ1n) is 4.96. The summed E-state index contributed by atoms with van der Waals surface area (Å²) in [6, 6.07) is 5.34. The van der Waals surface area contributed by atoms with Gasteiger partial charge >= 0.3 is 10.2 Å². The Kier molecular flexibility index (Phi) is 3.07. The molecule has 0 saturated heterocycles. The minimum Gasteiger partial charge on any atom is -0.271 e. The molecule has 0 saturated carbocycles. The molecule has 1 aromatic heterocycles. The Morgan fingerprint density at radius 2 is 2.06 bits per heavy atom. The van der Waals surface area contributed by atoms with Crippen LogP contribution in [0, 0.1) is 6.92 Å². The lowest BCUT2D eigenvalue weighted by molar-refractivity contribution is 0.527. The number of hydrogen-bond donors (Lipinski definition) is 1. The van der Waals surface area contributed by atoms with Gasteiger partial charge < -0.3 is 0 Å². The molecule has 0 aliphatic carbocycles. The van der Waals surface area contributed by atoms with Crippen LogP contribution in [0.25, 0.3) is 10.2 Å². The number of anilines is 1. The molecule has 0 unspecified atom stereocenters. The van der Waals surface area contributed by atoms with Gasteiger partial charge in [-0.25, -0.2) is 4.98 Å². The largest absolute Gasteiger partial charge is 0.301 e. The fourth-order valence-corrected chi connectivity index (χ4v) is 2.76. The highest BCUT2D eigenvalue weighted by atomic mass is 32.2. The van der Waals surface area contributed by atoms with Crippen molar-refractivity contribution in [2.24, 2.45) is 0 Å². The van der Waals surface area contributed by atoms with Crippen LogP contribution < -0.4 is 4.72 Å². The normalized spacial score (nSPS) is 12.2. The molecule has 7 heteroatoms. The van der Waals surface area contributed by atoms with Crippen LogP contribution >= 0.6 is 11.3 Å². The molecule has 0 aliphatic heterocycles. The highest BCUT2D eigenvalue weighted by Gasteiger charge is 2.13. The summed E-state index contributed by atoms with van der Waals surface area (Å²) in [7, 11) is -0.494. The molecule has 0 amide bonds. The minimum absolute atomic E-state index is 0.525. The lowest BCUT2D eigenvalue weighted by Gasteiger charge is -2.13. The lowest BCUT2D eigenvalue weighted by Crippen LogP contribution is -2.28. The number of hydrogen-bond acceptors (Lipinski definition) is 4. The van der Waals surface area contributed by atoms with Crippen LogP contribution in [0.5, 0.6) is 0 Å². The Labute approximate surface area is 104 Å². The van der Waals surface area contributed by atoms with Crippen LogP contribution in [0.1, 0.15) is 5.01 Å². The maximum absolute atomic E-state index is 11.6. The first-order valence-corrected chi connectivity index (χ1v) is 7.21. The molecule has 1 N–H and O–H groups in total. The van der Waals surface area contributed by atoms with E-state index in [0.29, 0.717) is 5.69 Å². The molecule has 5 nitrogen and oxygen atoms in total. The van der Waals surface area contributed by atoms with Gasteiger partial charge in [0.25, 0.3) is 0 Å². The van der Waals surface area contributed by atoms with Crippen LogP contribution in [0.15, 0.2) is 18.2 Å². The lowest BCUT2D eigenvalue weighted by atomic mass is 10.3. The van der Waals surface area contributed by atoms with Gasteiger partial charge in [-0.15, -0.1) is 11.3 Å². The molecule has 2 rings (SSSR count). The van der Waals surface area contributed by atoms with E-state index in [4.69, 9.17) is 0 Å². The summed E-state index contributed by atoms with van der Waals surface area (Å²) in [4.78, 5) is 4.32. The second-order valence-electron chi connectivity index (χ2n) is 3.80. The third-order valence-electron chi connectivity index (χ3n) is 2.22. The second-order valence-corrected chi connectivity index (χ2v) is 6.92. The van der Waals surface area contributed by atoms with Crippen LogP contribution in [-0.4, -0.2) is 31.8 Å². The summed E-state index contributed by atoms with van der Waals surface area (Å²) in [5.74, 6) is 0. The maximum Gasteiger partial charge on any atom is 0.301 e. The SMILES string of the molecule is Cc1nc2cc(NS(=O)(=O)N(C)C)ccc2s1. The zero-order chi connectivity index (χ0) is 12.6. The molecule has 17 heavy (non-hydrogen) atoms. The fraction of sp³-hybridized carbons (Fsp3) is 0.300. The van der Waals surface area contributed by atoms with Gasteiger partial charge in [-0.3, -0.25) is 4.72 Å². The van der Waals surface area contributed by atoms with E-state index < -0.39 is 10.2 Å². The number of nitrogens with zero attached hydrogens (tertiary/aromatic N) is 2. The van der Waals surface area contributed by atoms with E-state index in [1.807, 2.05) is 13.0 Å². The zero-order valence-corrected chi connectivity index (χ0v) is 11.4.